The van der Waals surface area contributed by atoms with E-state index in [2.05, 4.69) is 10.5 Å². The van der Waals surface area contributed by atoms with E-state index in [9.17, 15) is 0 Å². The molecule has 1 heterocycles. The van der Waals surface area contributed by atoms with Gasteiger partial charge in [-0.25, -0.2) is 5.48 Å². The molecule has 0 aliphatic rings. The Morgan fingerprint density at radius 3 is 3.25 bits per heavy atom. The molecule has 0 saturated carbocycles. The molecule has 1 rings (SSSR count). The molecular weight excluding hydrogens is 152 g/mol. The standard InChI is InChI=1S/C9H12N2O/c1-10-12-7-3-5-9-4-2-6-11-8-9/h2-6,8,10H,7H2,1H3/b5-3+. The van der Waals surface area contributed by atoms with Crippen LogP contribution in [0.15, 0.2) is 30.6 Å². The molecule has 0 amide bonds. The predicted octanol–water partition coefficient (Wildman–Crippen LogP) is 1.25. The van der Waals surface area contributed by atoms with Crippen LogP contribution in [0.3, 0.4) is 0 Å². The lowest BCUT2D eigenvalue weighted by molar-refractivity contribution is 0.0814. The van der Waals surface area contributed by atoms with Crippen LogP contribution >= 0.6 is 0 Å². The average Bonchev–Trinajstić information content (AvgIpc) is 2.14. The van der Waals surface area contributed by atoms with Gasteiger partial charge in [0.05, 0.1) is 6.61 Å². The van der Waals surface area contributed by atoms with Crippen molar-refractivity contribution in [3.8, 4) is 0 Å². The number of nitrogens with zero attached hydrogens (tertiary/aromatic N) is 1. The average molecular weight is 164 g/mol. The van der Waals surface area contributed by atoms with Crippen LogP contribution in [0.5, 0.6) is 0 Å². The molecular formula is C9H12N2O. The van der Waals surface area contributed by atoms with Gasteiger partial charge < -0.3 is 0 Å². The lowest BCUT2D eigenvalue weighted by Gasteiger charge is -1.94. The third kappa shape index (κ3) is 3.27. The van der Waals surface area contributed by atoms with Crippen LogP contribution in [0.25, 0.3) is 6.08 Å². The molecule has 0 atom stereocenters. The fraction of sp³-hybridized carbons (Fsp3) is 0.222. The van der Waals surface area contributed by atoms with Gasteiger partial charge in [-0.3, -0.25) is 9.82 Å². The molecule has 0 aliphatic carbocycles. The number of nitrogens with one attached hydrogen (secondary N) is 1. The number of hydrogen-bond acceptors (Lipinski definition) is 3. The van der Waals surface area contributed by atoms with E-state index in [1.807, 2.05) is 24.3 Å². The van der Waals surface area contributed by atoms with Crippen LogP contribution in [0.2, 0.25) is 0 Å². The van der Waals surface area contributed by atoms with Crippen molar-refractivity contribution in [2.45, 2.75) is 0 Å². The van der Waals surface area contributed by atoms with Gasteiger partial charge in [0.25, 0.3) is 0 Å². The second-order valence-corrected chi connectivity index (χ2v) is 2.20. The molecule has 1 aromatic heterocycles. The van der Waals surface area contributed by atoms with Crippen LogP contribution in [0.1, 0.15) is 5.56 Å². The highest BCUT2D eigenvalue weighted by Crippen LogP contribution is 1.97. The molecule has 0 bridgehead atoms. The van der Waals surface area contributed by atoms with E-state index in [1.54, 1.807) is 19.4 Å². The summed E-state index contributed by atoms with van der Waals surface area (Å²) in [5.74, 6) is 0. The van der Waals surface area contributed by atoms with E-state index in [4.69, 9.17) is 4.84 Å². The highest BCUT2D eigenvalue weighted by molar-refractivity contribution is 5.47. The first-order valence-electron chi connectivity index (χ1n) is 3.78. The minimum atomic E-state index is 0.561. The Hall–Kier alpha value is -1.19. The monoisotopic (exact) mass is 164 g/mol. The number of hydroxylamine groups is 1. The Balaban J connectivity index is 2.36. The smallest absolute Gasteiger partial charge is 0.0866 e. The molecule has 0 fully saturated rings. The molecule has 0 saturated heterocycles. The molecule has 64 valence electrons. The lowest BCUT2D eigenvalue weighted by Crippen LogP contribution is -2.06. The summed E-state index contributed by atoms with van der Waals surface area (Å²) in [4.78, 5) is 8.87. The Morgan fingerprint density at radius 1 is 1.67 bits per heavy atom. The first-order valence-corrected chi connectivity index (χ1v) is 3.78. The summed E-state index contributed by atoms with van der Waals surface area (Å²) in [6.07, 6.45) is 7.44. The Kier molecular flexibility index (Phi) is 4.05. The molecule has 3 nitrogen and oxygen atoms in total. The maximum Gasteiger partial charge on any atom is 0.0866 e. The van der Waals surface area contributed by atoms with Crippen molar-refractivity contribution in [1.29, 1.82) is 0 Å². The van der Waals surface area contributed by atoms with Crippen molar-refractivity contribution < 1.29 is 4.84 Å². The molecule has 0 aliphatic heterocycles. The maximum atomic E-state index is 4.90. The normalized spacial score (nSPS) is 10.8. The summed E-state index contributed by atoms with van der Waals surface area (Å²) in [5.41, 5.74) is 3.67. The van der Waals surface area contributed by atoms with Gasteiger partial charge in [-0.15, -0.1) is 0 Å². The van der Waals surface area contributed by atoms with Gasteiger partial charge in [0.1, 0.15) is 0 Å². The molecule has 0 unspecified atom stereocenters. The number of pyridine rings is 1. The fourth-order valence-corrected chi connectivity index (χ4v) is 0.790. The van der Waals surface area contributed by atoms with E-state index < -0.39 is 0 Å². The molecule has 3 heteroatoms. The Morgan fingerprint density at radius 2 is 2.58 bits per heavy atom. The van der Waals surface area contributed by atoms with Crippen LogP contribution in [0.4, 0.5) is 0 Å². The van der Waals surface area contributed by atoms with Gasteiger partial charge in [-0.2, -0.15) is 0 Å². The Labute approximate surface area is 72.0 Å². The van der Waals surface area contributed by atoms with Crippen molar-refractivity contribution in [2.75, 3.05) is 13.7 Å². The van der Waals surface area contributed by atoms with E-state index >= 15 is 0 Å². The zero-order valence-electron chi connectivity index (χ0n) is 7.03. The van der Waals surface area contributed by atoms with Crippen molar-refractivity contribution >= 4 is 6.08 Å². The second-order valence-electron chi connectivity index (χ2n) is 2.20. The van der Waals surface area contributed by atoms with Gasteiger partial charge in [0.2, 0.25) is 0 Å². The zero-order chi connectivity index (χ0) is 8.65. The van der Waals surface area contributed by atoms with Crippen LogP contribution in [-0.4, -0.2) is 18.6 Å². The molecule has 1 aromatic rings. The summed E-state index contributed by atoms with van der Waals surface area (Å²) in [5, 5.41) is 0. The van der Waals surface area contributed by atoms with E-state index in [0.717, 1.165) is 5.56 Å². The largest absolute Gasteiger partial charge is 0.298 e. The van der Waals surface area contributed by atoms with Gasteiger partial charge in [-0.05, 0) is 11.6 Å². The summed E-state index contributed by atoms with van der Waals surface area (Å²) in [7, 11) is 1.73. The number of rotatable bonds is 4. The van der Waals surface area contributed by atoms with Gasteiger partial charge in [0.15, 0.2) is 0 Å². The van der Waals surface area contributed by atoms with Crippen molar-refractivity contribution in [3.05, 3.63) is 36.2 Å². The lowest BCUT2D eigenvalue weighted by atomic mass is 10.3. The van der Waals surface area contributed by atoms with E-state index in [0.29, 0.717) is 6.61 Å². The molecule has 12 heavy (non-hydrogen) atoms. The third-order valence-electron chi connectivity index (χ3n) is 1.32. The van der Waals surface area contributed by atoms with Crippen LogP contribution < -0.4 is 5.48 Å². The Bertz CT molecular complexity index is 234. The topological polar surface area (TPSA) is 34.1 Å². The first kappa shape index (κ1) is 8.90. The molecule has 1 N–H and O–H groups in total. The molecule has 0 spiro atoms. The van der Waals surface area contributed by atoms with E-state index in [1.165, 1.54) is 0 Å². The van der Waals surface area contributed by atoms with Gasteiger partial charge >= 0.3 is 0 Å². The quantitative estimate of drug-likeness (QED) is 0.537. The summed E-state index contributed by atoms with van der Waals surface area (Å²) >= 11 is 0. The summed E-state index contributed by atoms with van der Waals surface area (Å²) in [6, 6.07) is 3.89. The summed E-state index contributed by atoms with van der Waals surface area (Å²) < 4.78 is 0. The predicted molar refractivity (Wildman–Crippen MR) is 48.3 cm³/mol. The maximum absolute atomic E-state index is 4.90. The highest BCUT2D eigenvalue weighted by atomic mass is 16.6. The van der Waals surface area contributed by atoms with Crippen LogP contribution in [-0.2, 0) is 4.84 Å². The summed E-state index contributed by atoms with van der Waals surface area (Å²) in [6.45, 7) is 0.561. The van der Waals surface area contributed by atoms with E-state index in [-0.39, 0.29) is 0 Å². The zero-order valence-corrected chi connectivity index (χ0v) is 7.03. The highest BCUT2D eigenvalue weighted by Gasteiger charge is 1.82. The minimum absolute atomic E-state index is 0.561. The van der Waals surface area contributed by atoms with Gasteiger partial charge in [0, 0.05) is 19.4 Å². The number of hydrogen-bond donors (Lipinski definition) is 1. The van der Waals surface area contributed by atoms with Crippen LogP contribution in [0, 0.1) is 0 Å². The first-order chi connectivity index (χ1) is 5.93. The molecule has 0 radical (unpaired) electrons. The minimum Gasteiger partial charge on any atom is -0.298 e. The molecule has 0 aromatic carbocycles. The van der Waals surface area contributed by atoms with Crippen molar-refractivity contribution in [3.63, 3.8) is 0 Å². The van der Waals surface area contributed by atoms with Crippen molar-refractivity contribution in [2.24, 2.45) is 0 Å². The number of aromatic nitrogens is 1. The SMILES string of the molecule is CNOC/C=C/c1cccnc1. The fourth-order valence-electron chi connectivity index (χ4n) is 0.790. The second kappa shape index (κ2) is 5.46. The third-order valence-corrected chi connectivity index (χ3v) is 1.32. The van der Waals surface area contributed by atoms with Crippen molar-refractivity contribution in [1.82, 2.24) is 10.5 Å². The van der Waals surface area contributed by atoms with Gasteiger partial charge in [-0.1, -0.05) is 18.2 Å².